The van der Waals surface area contributed by atoms with E-state index in [1.54, 1.807) is 0 Å². The molecule has 4 atom stereocenters. The van der Waals surface area contributed by atoms with Crippen molar-refractivity contribution in [2.24, 2.45) is 0 Å². The Balaban J connectivity index is 0.00000105. The molecule has 0 aromatic rings. The minimum Gasteiger partial charge on any atom is -0.463 e. The van der Waals surface area contributed by atoms with E-state index in [2.05, 4.69) is 13.8 Å². The zero-order valence-corrected chi connectivity index (χ0v) is 32.5. The van der Waals surface area contributed by atoms with Gasteiger partial charge in [0.2, 0.25) is 0 Å². The monoisotopic (exact) mass is 701 g/mol. The Labute approximate surface area is 301 Å². The summed E-state index contributed by atoms with van der Waals surface area (Å²) in [6.45, 7) is 8.09. The lowest BCUT2D eigenvalue weighted by atomic mass is 10.0. The molecule has 0 spiro atoms. The first-order valence-electron chi connectivity index (χ1n) is 20.7. The first-order valence-corrected chi connectivity index (χ1v) is 20.7. The summed E-state index contributed by atoms with van der Waals surface area (Å²) in [7, 11) is 0. The summed E-state index contributed by atoms with van der Waals surface area (Å²) >= 11 is 0. The topological polar surface area (TPSA) is 123 Å². The van der Waals surface area contributed by atoms with E-state index in [-0.39, 0.29) is 31.3 Å². The maximum Gasteiger partial charge on any atom is 0.306 e. The van der Waals surface area contributed by atoms with Crippen molar-refractivity contribution >= 4 is 11.9 Å². The minimum absolute atomic E-state index is 0.0179. The fourth-order valence-electron chi connectivity index (χ4n) is 6.21. The van der Waals surface area contributed by atoms with Gasteiger partial charge in [-0.1, -0.05) is 168 Å². The van der Waals surface area contributed by atoms with Crippen molar-refractivity contribution in [3.8, 4) is 0 Å². The molecule has 0 amide bonds. The molecule has 0 aromatic carbocycles. The van der Waals surface area contributed by atoms with Gasteiger partial charge in [-0.2, -0.15) is 0 Å². The van der Waals surface area contributed by atoms with Crippen LogP contribution in [-0.4, -0.2) is 71.0 Å². The third-order valence-electron chi connectivity index (χ3n) is 9.32. The fraction of sp³-hybridized carbons (Fsp3) is 0.951. The van der Waals surface area contributed by atoms with Crippen molar-refractivity contribution in [2.45, 2.75) is 238 Å². The Hall–Kier alpha value is -1.22. The van der Waals surface area contributed by atoms with E-state index in [9.17, 15) is 24.9 Å². The predicted molar refractivity (Wildman–Crippen MR) is 201 cm³/mol. The molecule has 1 aliphatic heterocycles. The molecular weight excluding hydrogens is 620 g/mol. The highest BCUT2D eigenvalue weighted by molar-refractivity contribution is 5.69. The number of rotatable bonds is 32. The van der Waals surface area contributed by atoms with Crippen LogP contribution in [-0.2, 0) is 23.8 Å². The molecule has 49 heavy (non-hydrogen) atoms. The van der Waals surface area contributed by atoms with Gasteiger partial charge < -0.3 is 29.5 Å². The Kier molecular flexibility index (Phi) is 34.3. The van der Waals surface area contributed by atoms with Gasteiger partial charge in [0.25, 0.3) is 0 Å². The van der Waals surface area contributed by atoms with E-state index >= 15 is 0 Å². The van der Waals surface area contributed by atoms with Gasteiger partial charge in [0.05, 0.1) is 12.7 Å². The summed E-state index contributed by atoms with van der Waals surface area (Å²) in [5.74, 6) is -0.372. The smallest absolute Gasteiger partial charge is 0.306 e. The van der Waals surface area contributed by atoms with Crippen molar-refractivity contribution < 1.29 is 39.1 Å². The van der Waals surface area contributed by atoms with Crippen molar-refractivity contribution in [3.05, 3.63) is 0 Å². The highest BCUT2D eigenvalue weighted by Gasteiger charge is 2.39. The number of hydrogen-bond donors (Lipinski definition) is 3. The highest BCUT2D eigenvalue weighted by Crippen LogP contribution is 2.18. The van der Waals surface area contributed by atoms with Gasteiger partial charge >= 0.3 is 11.9 Å². The summed E-state index contributed by atoms with van der Waals surface area (Å²) < 4.78 is 15.3. The van der Waals surface area contributed by atoms with Crippen LogP contribution in [0.15, 0.2) is 0 Å². The van der Waals surface area contributed by atoms with E-state index in [0.29, 0.717) is 12.8 Å². The number of esters is 2. The Morgan fingerprint density at radius 2 is 0.939 bits per heavy atom. The Bertz CT molecular complexity index is 730. The van der Waals surface area contributed by atoms with Crippen molar-refractivity contribution in [3.63, 3.8) is 0 Å². The molecule has 1 saturated heterocycles. The molecule has 8 nitrogen and oxygen atoms in total. The van der Waals surface area contributed by atoms with Crippen LogP contribution < -0.4 is 0 Å². The number of aliphatic hydroxyl groups is 3. The van der Waals surface area contributed by atoms with Crippen LogP contribution in [0.5, 0.6) is 0 Å². The molecule has 1 fully saturated rings. The number of hydrogen-bond acceptors (Lipinski definition) is 8. The number of unbranched alkanes of at least 4 members (excludes halogenated alkanes) is 24. The number of carbonyl (C=O) groups excluding carboxylic acids is 2. The third kappa shape index (κ3) is 31.3. The quantitative estimate of drug-likeness (QED) is 0.0468. The number of ether oxygens (including phenoxy) is 3. The number of aliphatic hydroxyl groups excluding tert-OH is 3. The molecule has 1 rings (SSSR count). The average Bonchev–Trinajstić information content (AvgIpc) is 3.41. The van der Waals surface area contributed by atoms with E-state index < -0.39 is 24.4 Å². The molecule has 0 aliphatic carbocycles. The SMILES string of the molecule is CCCCCCCCCCCCCC(=O)OC(C)C.CCCCCCCCCCCCCCCCCC(=O)OC[C@@H](O)[C@H]1OC[C@H](O)[C@H]1O. The summed E-state index contributed by atoms with van der Waals surface area (Å²) in [5, 5.41) is 29.0. The van der Waals surface area contributed by atoms with Crippen molar-refractivity contribution in [1.29, 1.82) is 0 Å². The first-order chi connectivity index (χ1) is 23.7. The van der Waals surface area contributed by atoms with Crippen LogP contribution in [0.4, 0.5) is 0 Å². The van der Waals surface area contributed by atoms with E-state index in [0.717, 1.165) is 25.7 Å². The lowest BCUT2D eigenvalue weighted by Crippen LogP contribution is -2.41. The van der Waals surface area contributed by atoms with Crippen LogP contribution in [0.2, 0.25) is 0 Å². The van der Waals surface area contributed by atoms with Crippen LogP contribution >= 0.6 is 0 Å². The molecule has 0 bridgehead atoms. The Morgan fingerprint density at radius 3 is 1.27 bits per heavy atom. The van der Waals surface area contributed by atoms with Crippen LogP contribution in [0.3, 0.4) is 0 Å². The molecule has 0 radical (unpaired) electrons. The van der Waals surface area contributed by atoms with Gasteiger partial charge in [-0.05, 0) is 26.7 Å². The molecule has 1 aliphatic rings. The zero-order valence-electron chi connectivity index (χ0n) is 32.5. The fourth-order valence-corrected chi connectivity index (χ4v) is 6.21. The van der Waals surface area contributed by atoms with Crippen LogP contribution in [0.1, 0.15) is 207 Å². The predicted octanol–water partition coefficient (Wildman–Crippen LogP) is 9.91. The second kappa shape index (κ2) is 35.2. The molecule has 3 N–H and O–H groups in total. The van der Waals surface area contributed by atoms with Gasteiger partial charge in [-0.15, -0.1) is 0 Å². The second-order valence-electron chi connectivity index (χ2n) is 14.6. The molecule has 0 aromatic heterocycles. The molecule has 0 unspecified atom stereocenters. The largest absolute Gasteiger partial charge is 0.463 e. The standard InChI is InChI=1S/C24H46O6.C17H34O2/c1-2-3-4-5-6-7-8-9-10-11-12-13-14-15-16-17-22(27)29-19-21(26)24-23(28)20(25)18-30-24;1-4-5-6-7-8-9-10-11-12-13-14-15-17(18)19-16(2)3/h20-21,23-26,28H,2-19H2,1H3;16H,4-15H2,1-3H3/t20-,21+,23+,24+;/m0./s1. The second-order valence-corrected chi connectivity index (χ2v) is 14.6. The summed E-state index contributed by atoms with van der Waals surface area (Å²) in [6.07, 6.45) is 30.5. The van der Waals surface area contributed by atoms with Crippen LogP contribution in [0, 0.1) is 0 Å². The van der Waals surface area contributed by atoms with Crippen LogP contribution in [0.25, 0.3) is 0 Å². The molecule has 0 saturated carbocycles. The maximum atomic E-state index is 11.8. The summed E-state index contributed by atoms with van der Waals surface area (Å²) in [4.78, 5) is 23.0. The Morgan fingerprint density at radius 1 is 0.592 bits per heavy atom. The highest BCUT2D eigenvalue weighted by atomic mass is 16.6. The van der Waals surface area contributed by atoms with Gasteiger partial charge in [0.1, 0.15) is 31.0 Å². The van der Waals surface area contributed by atoms with E-state index in [1.807, 2.05) is 13.8 Å². The van der Waals surface area contributed by atoms with Gasteiger partial charge in [-0.3, -0.25) is 9.59 Å². The minimum atomic E-state index is -1.14. The summed E-state index contributed by atoms with van der Waals surface area (Å²) in [5.41, 5.74) is 0. The third-order valence-corrected chi connectivity index (χ3v) is 9.32. The summed E-state index contributed by atoms with van der Waals surface area (Å²) in [6, 6.07) is 0. The number of carbonyl (C=O) groups is 2. The van der Waals surface area contributed by atoms with Crippen molar-refractivity contribution in [1.82, 2.24) is 0 Å². The van der Waals surface area contributed by atoms with Crippen molar-refractivity contribution in [2.75, 3.05) is 13.2 Å². The zero-order chi connectivity index (χ0) is 36.4. The van der Waals surface area contributed by atoms with Gasteiger partial charge in [-0.25, -0.2) is 0 Å². The molecule has 1 heterocycles. The van der Waals surface area contributed by atoms with Gasteiger partial charge in [0.15, 0.2) is 0 Å². The van der Waals surface area contributed by atoms with E-state index in [4.69, 9.17) is 14.2 Å². The molecule has 8 heteroatoms. The molecular formula is C41H80O8. The molecule has 292 valence electrons. The first kappa shape index (κ1) is 47.8. The van der Waals surface area contributed by atoms with Gasteiger partial charge in [0, 0.05) is 12.8 Å². The maximum absolute atomic E-state index is 11.8. The normalized spacial score (nSPS) is 17.9. The average molecular weight is 701 g/mol. The lowest BCUT2D eigenvalue weighted by Gasteiger charge is -2.20. The van der Waals surface area contributed by atoms with E-state index in [1.165, 1.54) is 141 Å². The lowest BCUT2D eigenvalue weighted by molar-refractivity contribution is -0.151.